The zero-order valence-corrected chi connectivity index (χ0v) is 11.3. The van der Waals surface area contributed by atoms with Gasteiger partial charge in [0.25, 0.3) is 0 Å². The number of hydrogen-bond acceptors (Lipinski definition) is 3. The molecule has 0 radical (unpaired) electrons. The van der Waals surface area contributed by atoms with Gasteiger partial charge in [-0.1, -0.05) is 23.7 Å². The number of benzene rings is 2. The lowest BCUT2D eigenvalue weighted by Crippen LogP contribution is -2.00. The fourth-order valence-electron chi connectivity index (χ4n) is 2.20. The van der Waals surface area contributed by atoms with Crippen LogP contribution in [0.5, 0.6) is 0 Å². The molecule has 0 aliphatic rings. The number of aromatic nitrogens is 2. The SMILES string of the molecule is N#CCc1ccc(-n2c(N)nc3cc(Cl)ccc32)cc1. The Hall–Kier alpha value is -2.51. The molecule has 2 N–H and O–H groups in total. The van der Waals surface area contributed by atoms with E-state index in [1.54, 1.807) is 6.07 Å². The maximum Gasteiger partial charge on any atom is 0.205 e. The molecule has 0 fully saturated rings. The lowest BCUT2D eigenvalue weighted by Gasteiger charge is -2.07. The predicted octanol–water partition coefficient (Wildman–Crippen LogP) is 3.33. The summed E-state index contributed by atoms with van der Waals surface area (Å²) in [6.07, 6.45) is 0.399. The molecule has 0 spiro atoms. The summed E-state index contributed by atoms with van der Waals surface area (Å²) >= 11 is 5.96. The summed E-state index contributed by atoms with van der Waals surface area (Å²) in [5, 5.41) is 9.32. The van der Waals surface area contributed by atoms with Crippen molar-refractivity contribution in [2.24, 2.45) is 0 Å². The van der Waals surface area contributed by atoms with Gasteiger partial charge in [-0.25, -0.2) is 4.98 Å². The van der Waals surface area contributed by atoms with Gasteiger partial charge in [0.1, 0.15) is 0 Å². The average molecular weight is 283 g/mol. The lowest BCUT2D eigenvalue weighted by atomic mass is 10.1. The number of rotatable bonds is 2. The summed E-state index contributed by atoms with van der Waals surface area (Å²) < 4.78 is 1.86. The number of nitrogens with zero attached hydrogens (tertiary/aromatic N) is 3. The molecule has 0 saturated heterocycles. The van der Waals surface area contributed by atoms with E-state index < -0.39 is 0 Å². The molecule has 2 aromatic carbocycles. The molecule has 5 heteroatoms. The quantitative estimate of drug-likeness (QED) is 0.784. The fraction of sp³-hybridized carbons (Fsp3) is 0.0667. The molecule has 98 valence electrons. The van der Waals surface area contributed by atoms with Crippen LogP contribution in [0.15, 0.2) is 42.5 Å². The van der Waals surface area contributed by atoms with Crippen molar-refractivity contribution in [2.75, 3.05) is 5.73 Å². The lowest BCUT2D eigenvalue weighted by molar-refractivity contribution is 1.10. The zero-order chi connectivity index (χ0) is 14.1. The Labute approximate surface area is 121 Å². The number of hydrogen-bond donors (Lipinski definition) is 1. The van der Waals surface area contributed by atoms with E-state index in [2.05, 4.69) is 11.1 Å². The highest BCUT2D eigenvalue weighted by atomic mass is 35.5. The average Bonchev–Trinajstić information content (AvgIpc) is 2.75. The molecule has 20 heavy (non-hydrogen) atoms. The minimum absolute atomic E-state index is 0.399. The van der Waals surface area contributed by atoms with E-state index in [1.165, 1.54) is 0 Å². The number of fused-ring (bicyclic) bond motifs is 1. The summed E-state index contributed by atoms with van der Waals surface area (Å²) in [6, 6.07) is 15.3. The smallest absolute Gasteiger partial charge is 0.205 e. The van der Waals surface area contributed by atoms with Crippen molar-refractivity contribution in [1.82, 2.24) is 9.55 Å². The minimum Gasteiger partial charge on any atom is -0.369 e. The Morgan fingerprint density at radius 3 is 2.65 bits per heavy atom. The van der Waals surface area contributed by atoms with Crippen molar-refractivity contribution < 1.29 is 0 Å². The highest BCUT2D eigenvalue weighted by molar-refractivity contribution is 6.31. The second-order valence-corrected chi connectivity index (χ2v) is 4.88. The van der Waals surface area contributed by atoms with E-state index in [0.29, 0.717) is 17.4 Å². The van der Waals surface area contributed by atoms with Crippen molar-refractivity contribution >= 4 is 28.6 Å². The van der Waals surface area contributed by atoms with Crippen molar-refractivity contribution in [1.29, 1.82) is 5.26 Å². The van der Waals surface area contributed by atoms with Crippen LogP contribution in [0.1, 0.15) is 5.56 Å². The van der Waals surface area contributed by atoms with Gasteiger partial charge in [-0.3, -0.25) is 4.57 Å². The summed E-state index contributed by atoms with van der Waals surface area (Å²) in [4.78, 5) is 4.31. The zero-order valence-electron chi connectivity index (χ0n) is 10.5. The summed E-state index contributed by atoms with van der Waals surface area (Å²) in [6.45, 7) is 0. The maximum atomic E-state index is 8.69. The Morgan fingerprint density at radius 2 is 1.95 bits per heavy atom. The van der Waals surface area contributed by atoms with E-state index in [9.17, 15) is 0 Å². The monoisotopic (exact) mass is 282 g/mol. The fourth-order valence-corrected chi connectivity index (χ4v) is 2.36. The van der Waals surface area contributed by atoms with Crippen molar-refractivity contribution in [3.8, 4) is 11.8 Å². The van der Waals surface area contributed by atoms with Gasteiger partial charge in [0.05, 0.1) is 23.5 Å². The molecule has 0 saturated carbocycles. The Bertz CT molecular complexity index is 812. The first-order valence-electron chi connectivity index (χ1n) is 6.09. The largest absolute Gasteiger partial charge is 0.369 e. The second kappa shape index (κ2) is 4.87. The van der Waals surface area contributed by atoms with Gasteiger partial charge in [-0.05, 0) is 35.9 Å². The highest BCUT2D eigenvalue weighted by Crippen LogP contribution is 2.25. The van der Waals surface area contributed by atoms with E-state index in [4.69, 9.17) is 22.6 Å². The third-order valence-corrected chi connectivity index (χ3v) is 3.36. The number of nitrogens with two attached hydrogens (primary N) is 1. The number of nitrogen functional groups attached to an aromatic ring is 1. The first kappa shape index (κ1) is 12.5. The van der Waals surface area contributed by atoms with Crippen molar-refractivity contribution in [2.45, 2.75) is 6.42 Å². The molecule has 0 aliphatic heterocycles. The van der Waals surface area contributed by atoms with Gasteiger partial charge in [0.15, 0.2) is 0 Å². The number of halogens is 1. The molecule has 0 bridgehead atoms. The second-order valence-electron chi connectivity index (χ2n) is 4.44. The van der Waals surface area contributed by atoms with E-state index >= 15 is 0 Å². The molecule has 0 aliphatic carbocycles. The van der Waals surface area contributed by atoms with Crippen LogP contribution in [-0.2, 0) is 6.42 Å². The van der Waals surface area contributed by atoms with Crippen LogP contribution in [0.3, 0.4) is 0 Å². The Balaban J connectivity index is 2.14. The van der Waals surface area contributed by atoms with Crippen LogP contribution in [0, 0.1) is 11.3 Å². The molecule has 0 unspecified atom stereocenters. The van der Waals surface area contributed by atoms with Gasteiger partial charge in [0, 0.05) is 10.7 Å². The molecule has 1 aromatic heterocycles. The molecule has 3 rings (SSSR count). The summed E-state index contributed by atoms with van der Waals surface area (Å²) in [7, 11) is 0. The molecular weight excluding hydrogens is 272 g/mol. The van der Waals surface area contributed by atoms with Crippen LogP contribution in [0.25, 0.3) is 16.7 Å². The van der Waals surface area contributed by atoms with Crippen molar-refractivity contribution in [3.63, 3.8) is 0 Å². The van der Waals surface area contributed by atoms with Crippen LogP contribution in [0.2, 0.25) is 5.02 Å². The standard InChI is InChI=1S/C15H11ClN4/c16-11-3-6-14-13(9-11)19-15(18)20(14)12-4-1-10(2-5-12)7-8-17/h1-6,9H,7H2,(H2,18,19). The molecule has 0 amide bonds. The van der Waals surface area contributed by atoms with Crippen LogP contribution < -0.4 is 5.73 Å². The van der Waals surface area contributed by atoms with Gasteiger partial charge in [0.2, 0.25) is 5.95 Å². The van der Waals surface area contributed by atoms with Crippen LogP contribution >= 0.6 is 11.6 Å². The number of imidazole rings is 1. The molecule has 4 nitrogen and oxygen atoms in total. The van der Waals surface area contributed by atoms with E-state index in [1.807, 2.05) is 41.0 Å². The Kier molecular flexibility index (Phi) is 3.05. The van der Waals surface area contributed by atoms with Crippen molar-refractivity contribution in [3.05, 3.63) is 53.1 Å². The van der Waals surface area contributed by atoms with Gasteiger partial charge >= 0.3 is 0 Å². The molecule has 0 atom stereocenters. The molecule has 1 heterocycles. The third kappa shape index (κ3) is 2.09. The predicted molar refractivity (Wildman–Crippen MR) is 79.8 cm³/mol. The Morgan fingerprint density at radius 1 is 1.20 bits per heavy atom. The van der Waals surface area contributed by atoms with Crippen LogP contribution in [-0.4, -0.2) is 9.55 Å². The number of anilines is 1. The molecular formula is C15H11ClN4. The first-order chi connectivity index (χ1) is 9.69. The van der Waals surface area contributed by atoms with Gasteiger partial charge in [-0.15, -0.1) is 0 Å². The first-order valence-corrected chi connectivity index (χ1v) is 6.46. The minimum atomic E-state index is 0.399. The van der Waals surface area contributed by atoms with E-state index in [0.717, 1.165) is 22.3 Å². The summed E-state index contributed by atoms with van der Waals surface area (Å²) in [5.74, 6) is 0.412. The molecule has 3 aromatic rings. The maximum absolute atomic E-state index is 8.69. The third-order valence-electron chi connectivity index (χ3n) is 3.12. The van der Waals surface area contributed by atoms with Gasteiger partial charge < -0.3 is 5.73 Å². The van der Waals surface area contributed by atoms with Gasteiger partial charge in [-0.2, -0.15) is 5.26 Å². The summed E-state index contributed by atoms with van der Waals surface area (Å²) in [5.41, 5.74) is 9.54. The van der Waals surface area contributed by atoms with Crippen LogP contribution in [0.4, 0.5) is 5.95 Å². The number of nitriles is 1. The topological polar surface area (TPSA) is 67.6 Å². The normalized spacial score (nSPS) is 10.6. The highest BCUT2D eigenvalue weighted by Gasteiger charge is 2.10. The van der Waals surface area contributed by atoms with E-state index in [-0.39, 0.29) is 0 Å².